The quantitative estimate of drug-likeness (QED) is 0.796. The van der Waals surface area contributed by atoms with Gasteiger partial charge in [-0.2, -0.15) is 0 Å². The number of anilines is 1. The highest BCUT2D eigenvalue weighted by Crippen LogP contribution is 2.30. The molecule has 0 bridgehead atoms. The number of rotatable bonds is 6. The zero-order valence-corrected chi connectivity index (χ0v) is 10.2. The van der Waals surface area contributed by atoms with Gasteiger partial charge in [0.15, 0.2) is 0 Å². The summed E-state index contributed by atoms with van der Waals surface area (Å²) in [5.41, 5.74) is 1.30. The monoisotopic (exact) mass is 219 g/mol. The van der Waals surface area contributed by atoms with Crippen LogP contribution in [0.3, 0.4) is 0 Å². The number of aromatic nitrogens is 1. The van der Waals surface area contributed by atoms with Crippen molar-refractivity contribution in [2.75, 3.05) is 25.5 Å². The predicted octanol–water partition coefficient (Wildman–Crippen LogP) is 2.36. The molecule has 3 nitrogen and oxygen atoms in total. The fourth-order valence-electron chi connectivity index (χ4n) is 2.00. The molecule has 0 aromatic carbocycles. The van der Waals surface area contributed by atoms with Crippen molar-refractivity contribution < 1.29 is 0 Å². The minimum atomic E-state index is 0.953. The molecule has 1 heterocycles. The number of pyridine rings is 1. The van der Waals surface area contributed by atoms with E-state index in [1.807, 2.05) is 19.3 Å². The minimum Gasteiger partial charge on any atom is -0.373 e. The molecule has 1 fully saturated rings. The van der Waals surface area contributed by atoms with Crippen molar-refractivity contribution in [2.24, 2.45) is 5.92 Å². The average molecular weight is 219 g/mol. The summed E-state index contributed by atoms with van der Waals surface area (Å²) in [7, 11) is 1.93. The maximum absolute atomic E-state index is 4.34. The van der Waals surface area contributed by atoms with Gasteiger partial charge < -0.3 is 5.32 Å². The van der Waals surface area contributed by atoms with E-state index in [9.17, 15) is 0 Å². The van der Waals surface area contributed by atoms with Crippen LogP contribution in [0.25, 0.3) is 0 Å². The van der Waals surface area contributed by atoms with E-state index in [4.69, 9.17) is 0 Å². The van der Waals surface area contributed by atoms with E-state index in [1.165, 1.54) is 24.9 Å². The van der Waals surface area contributed by atoms with Crippen molar-refractivity contribution in [2.45, 2.75) is 26.3 Å². The van der Waals surface area contributed by atoms with Crippen LogP contribution in [0.5, 0.6) is 0 Å². The fraction of sp³-hybridized carbons (Fsp3) is 0.615. The molecule has 3 heteroatoms. The van der Waals surface area contributed by atoms with Gasteiger partial charge in [-0.15, -0.1) is 0 Å². The molecular weight excluding hydrogens is 198 g/mol. The Morgan fingerprint density at radius 3 is 2.94 bits per heavy atom. The molecule has 1 aliphatic carbocycles. The van der Waals surface area contributed by atoms with Crippen molar-refractivity contribution in [3.05, 3.63) is 23.9 Å². The Labute approximate surface area is 97.9 Å². The van der Waals surface area contributed by atoms with Crippen LogP contribution in [0.4, 0.5) is 5.82 Å². The Bertz CT molecular complexity index is 334. The predicted molar refractivity (Wildman–Crippen MR) is 67.5 cm³/mol. The maximum Gasteiger partial charge on any atom is 0.130 e. The smallest absolute Gasteiger partial charge is 0.130 e. The Morgan fingerprint density at radius 1 is 1.50 bits per heavy atom. The summed E-state index contributed by atoms with van der Waals surface area (Å²) in [6, 6.07) is 4.18. The van der Waals surface area contributed by atoms with Gasteiger partial charge in [0, 0.05) is 31.9 Å². The summed E-state index contributed by atoms with van der Waals surface area (Å²) in [4.78, 5) is 6.85. The van der Waals surface area contributed by atoms with Gasteiger partial charge in [-0.05, 0) is 31.4 Å². The summed E-state index contributed by atoms with van der Waals surface area (Å²) in [6.07, 6.45) is 4.68. The second-order valence-electron chi connectivity index (χ2n) is 4.53. The largest absolute Gasteiger partial charge is 0.373 e. The maximum atomic E-state index is 4.34. The van der Waals surface area contributed by atoms with Crippen LogP contribution in [0.15, 0.2) is 18.3 Å². The van der Waals surface area contributed by atoms with E-state index in [-0.39, 0.29) is 0 Å². The lowest BCUT2D eigenvalue weighted by Crippen LogP contribution is -2.25. The molecule has 0 aliphatic heterocycles. The molecule has 0 atom stereocenters. The van der Waals surface area contributed by atoms with Crippen LogP contribution >= 0.6 is 0 Å². The van der Waals surface area contributed by atoms with Crippen LogP contribution in [0.1, 0.15) is 25.3 Å². The molecule has 1 aliphatic rings. The zero-order valence-electron chi connectivity index (χ0n) is 10.2. The van der Waals surface area contributed by atoms with Gasteiger partial charge in [0.05, 0.1) is 0 Å². The van der Waals surface area contributed by atoms with Gasteiger partial charge in [-0.25, -0.2) is 4.98 Å². The highest BCUT2D eigenvalue weighted by Gasteiger charge is 2.23. The first-order chi connectivity index (χ1) is 7.83. The summed E-state index contributed by atoms with van der Waals surface area (Å²) in [6.45, 7) is 5.61. The molecule has 0 spiro atoms. The van der Waals surface area contributed by atoms with Gasteiger partial charge in [0.2, 0.25) is 0 Å². The zero-order chi connectivity index (χ0) is 11.4. The highest BCUT2D eigenvalue weighted by atomic mass is 15.1. The SMILES string of the molecule is CCN(Cc1cccnc1NC)CC1CC1. The van der Waals surface area contributed by atoms with Gasteiger partial charge >= 0.3 is 0 Å². The lowest BCUT2D eigenvalue weighted by Gasteiger charge is -2.21. The fourth-order valence-corrected chi connectivity index (χ4v) is 2.00. The third-order valence-corrected chi connectivity index (χ3v) is 3.18. The molecule has 0 radical (unpaired) electrons. The standard InChI is InChI=1S/C13H21N3/c1-3-16(9-11-6-7-11)10-12-5-4-8-15-13(12)14-2/h4-5,8,11H,3,6-7,9-10H2,1-2H3,(H,14,15). The van der Waals surface area contributed by atoms with E-state index in [2.05, 4.69) is 28.2 Å². The third kappa shape index (κ3) is 2.95. The Kier molecular flexibility index (Phi) is 3.78. The summed E-state index contributed by atoms with van der Waals surface area (Å²) >= 11 is 0. The second-order valence-corrected chi connectivity index (χ2v) is 4.53. The molecule has 1 N–H and O–H groups in total. The molecule has 0 saturated heterocycles. The lowest BCUT2D eigenvalue weighted by atomic mass is 10.2. The topological polar surface area (TPSA) is 28.2 Å². The van der Waals surface area contributed by atoms with E-state index >= 15 is 0 Å². The molecule has 88 valence electrons. The molecule has 0 unspecified atom stereocenters. The first kappa shape index (κ1) is 11.4. The normalized spacial score (nSPS) is 15.4. The van der Waals surface area contributed by atoms with Crippen molar-refractivity contribution in [3.8, 4) is 0 Å². The Hall–Kier alpha value is -1.09. The van der Waals surface area contributed by atoms with Gasteiger partial charge in [0.25, 0.3) is 0 Å². The lowest BCUT2D eigenvalue weighted by molar-refractivity contribution is 0.268. The Balaban J connectivity index is 1.99. The van der Waals surface area contributed by atoms with Crippen LogP contribution in [0.2, 0.25) is 0 Å². The van der Waals surface area contributed by atoms with Crippen LogP contribution < -0.4 is 5.32 Å². The van der Waals surface area contributed by atoms with Gasteiger partial charge in [-0.1, -0.05) is 13.0 Å². The third-order valence-electron chi connectivity index (χ3n) is 3.18. The van der Waals surface area contributed by atoms with Crippen molar-refractivity contribution in [1.29, 1.82) is 0 Å². The van der Waals surface area contributed by atoms with Gasteiger partial charge in [0.1, 0.15) is 5.82 Å². The van der Waals surface area contributed by atoms with E-state index in [1.54, 1.807) is 0 Å². The molecule has 2 rings (SSSR count). The van der Waals surface area contributed by atoms with Gasteiger partial charge in [-0.3, -0.25) is 4.90 Å². The first-order valence-corrected chi connectivity index (χ1v) is 6.17. The van der Waals surface area contributed by atoms with Crippen LogP contribution in [0, 0.1) is 5.92 Å². The first-order valence-electron chi connectivity index (χ1n) is 6.17. The molecule has 16 heavy (non-hydrogen) atoms. The average Bonchev–Trinajstić information content (AvgIpc) is 3.13. The van der Waals surface area contributed by atoms with Crippen molar-refractivity contribution in [3.63, 3.8) is 0 Å². The molecular formula is C13H21N3. The van der Waals surface area contributed by atoms with E-state index in [0.717, 1.165) is 24.8 Å². The minimum absolute atomic E-state index is 0.953. The molecule has 1 aromatic rings. The van der Waals surface area contributed by atoms with E-state index in [0.29, 0.717) is 0 Å². The second kappa shape index (κ2) is 5.30. The molecule has 1 aromatic heterocycles. The Morgan fingerprint density at radius 2 is 2.31 bits per heavy atom. The molecule has 0 amide bonds. The number of nitrogens with zero attached hydrogens (tertiary/aromatic N) is 2. The number of nitrogens with one attached hydrogen (secondary N) is 1. The molecule has 1 saturated carbocycles. The van der Waals surface area contributed by atoms with E-state index < -0.39 is 0 Å². The highest BCUT2D eigenvalue weighted by molar-refractivity contribution is 5.42. The van der Waals surface area contributed by atoms with Crippen molar-refractivity contribution in [1.82, 2.24) is 9.88 Å². The number of hydrogen-bond acceptors (Lipinski definition) is 3. The summed E-state index contributed by atoms with van der Waals surface area (Å²) in [5.74, 6) is 1.96. The van der Waals surface area contributed by atoms with Crippen LogP contribution in [-0.4, -0.2) is 30.0 Å². The van der Waals surface area contributed by atoms with Crippen molar-refractivity contribution >= 4 is 5.82 Å². The van der Waals surface area contributed by atoms with Crippen LogP contribution in [-0.2, 0) is 6.54 Å². The summed E-state index contributed by atoms with van der Waals surface area (Å²) < 4.78 is 0. The number of hydrogen-bond donors (Lipinski definition) is 1. The summed E-state index contributed by atoms with van der Waals surface area (Å²) in [5, 5.41) is 3.16.